The maximum Gasteiger partial charge on any atom is 0.253 e. The lowest BCUT2D eigenvalue weighted by Gasteiger charge is -2.34. The fraction of sp³-hybridized carbons (Fsp3) is 0.545. The van der Waals surface area contributed by atoms with Crippen LogP contribution in [-0.4, -0.2) is 67.9 Å². The number of aromatic nitrogens is 5. The Morgan fingerprint density at radius 3 is 2.59 bits per heavy atom. The van der Waals surface area contributed by atoms with E-state index >= 15 is 0 Å². The quantitative estimate of drug-likeness (QED) is 0.642. The molecule has 1 atom stereocenters. The average Bonchev–Trinajstić information content (AvgIpc) is 3.51. The van der Waals surface area contributed by atoms with Gasteiger partial charge in [0, 0.05) is 41.6 Å². The first-order valence-corrected chi connectivity index (χ1v) is 12.5. The second-order valence-electron chi connectivity index (χ2n) is 8.61. The molecule has 0 amide bonds. The number of nitrogens with zero attached hydrogens (tertiary/aromatic N) is 5. The van der Waals surface area contributed by atoms with Crippen molar-refractivity contribution in [2.24, 2.45) is 0 Å². The van der Waals surface area contributed by atoms with Gasteiger partial charge in [-0.3, -0.25) is 9.69 Å². The monoisotopic (exact) mass is 454 g/mol. The Kier molecular flexibility index (Phi) is 5.26. The van der Waals surface area contributed by atoms with E-state index in [1.807, 2.05) is 34.6 Å². The Bertz CT molecular complexity index is 1180. The van der Waals surface area contributed by atoms with Crippen LogP contribution < -0.4 is 15.0 Å². The number of hydrogen-bond acceptors (Lipinski definition) is 8. The molecule has 32 heavy (non-hydrogen) atoms. The van der Waals surface area contributed by atoms with Crippen LogP contribution in [0, 0.1) is 0 Å². The standard InChI is InChI=1S/C22H26N6O3S/c29-22-16(11-14-12-18-19(13-17(14)23-22)31-8-7-30-18)20(27-5-9-32-10-6-27)21-24-25-26-28(21)15-3-1-2-4-15/h11-13,15,20H,1-10H2,(H,23,29)/t20-/m1/s1. The zero-order valence-electron chi connectivity index (χ0n) is 17.8. The largest absolute Gasteiger partial charge is 0.486 e. The van der Waals surface area contributed by atoms with Gasteiger partial charge < -0.3 is 14.5 Å². The number of H-pyrrole nitrogens is 1. The van der Waals surface area contributed by atoms with Crippen LogP contribution in [0.15, 0.2) is 23.0 Å². The molecule has 9 nitrogen and oxygen atoms in total. The molecule has 1 saturated carbocycles. The molecule has 2 aliphatic heterocycles. The van der Waals surface area contributed by atoms with Gasteiger partial charge in [-0.15, -0.1) is 5.10 Å². The molecular weight excluding hydrogens is 428 g/mol. The summed E-state index contributed by atoms with van der Waals surface area (Å²) in [5.41, 5.74) is 1.31. The molecule has 168 valence electrons. The van der Waals surface area contributed by atoms with Gasteiger partial charge in [-0.05, 0) is 35.4 Å². The number of benzene rings is 1. The highest BCUT2D eigenvalue weighted by atomic mass is 32.2. The fourth-order valence-electron chi connectivity index (χ4n) is 5.09. The van der Waals surface area contributed by atoms with Crippen molar-refractivity contribution in [3.05, 3.63) is 39.9 Å². The Hall–Kier alpha value is -2.59. The first-order chi connectivity index (χ1) is 15.8. The first-order valence-electron chi connectivity index (χ1n) is 11.3. The normalized spacial score (nSPS) is 20.6. The minimum absolute atomic E-state index is 0.113. The topological polar surface area (TPSA) is 98.2 Å². The van der Waals surface area contributed by atoms with Crippen LogP contribution in [0.3, 0.4) is 0 Å². The molecule has 1 aromatic carbocycles. The number of hydrogen-bond donors (Lipinski definition) is 1. The number of aromatic amines is 1. The van der Waals surface area contributed by atoms with Crippen LogP contribution >= 0.6 is 11.8 Å². The molecule has 0 radical (unpaired) electrons. The maximum absolute atomic E-state index is 13.4. The van der Waals surface area contributed by atoms with E-state index in [4.69, 9.17) is 9.47 Å². The molecule has 4 heterocycles. The molecule has 2 fully saturated rings. The van der Waals surface area contributed by atoms with Gasteiger partial charge in [0.2, 0.25) is 0 Å². The van der Waals surface area contributed by atoms with Crippen molar-refractivity contribution in [2.75, 3.05) is 37.8 Å². The van der Waals surface area contributed by atoms with Crippen molar-refractivity contribution >= 4 is 22.7 Å². The van der Waals surface area contributed by atoms with E-state index in [2.05, 4.69) is 25.4 Å². The van der Waals surface area contributed by atoms with Crippen LogP contribution in [-0.2, 0) is 0 Å². The number of ether oxygens (including phenoxy) is 2. The molecule has 0 spiro atoms. The fourth-order valence-corrected chi connectivity index (χ4v) is 6.02. The molecule has 0 bridgehead atoms. The number of thioether (sulfide) groups is 1. The third-order valence-electron chi connectivity index (χ3n) is 6.67. The summed E-state index contributed by atoms with van der Waals surface area (Å²) < 4.78 is 13.4. The van der Waals surface area contributed by atoms with Crippen LogP contribution in [0.1, 0.15) is 49.2 Å². The summed E-state index contributed by atoms with van der Waals surface area (Å²) in [5.74, 6) is 4.22. The molecule has 1 aliphatic carbocycles. The lowest BCUT2D eigenvalue weighted by molar-refractivity contribution is 0.172. The Labute approximate surface area is 189 Å². The highest BCUT2D eigenvalue weighted by molar-refractivity contribution is 7.99. The van der Waals surface area contributed by atoms with E-state index < -0.39 is 0 Å². The van der Waals surface area contributed by atoms with Gasteiger partial charge in [0.05, 0.1) is 11.6 Å². The predicted molar refractivity (Wildman–Crippen MR) is 122 cm³/mol. The van der Waals surface area contributed by atoms with E-state index in [9.17, 15) is 4.79 Å². The Morgan fingerprint density at radius 1 is 1.06 bits per heavy atom. The van der Waals surface area contributed by atoms with Crippen molar-refractivity contribution in [2.45, 2.75) is 37.8 Å². The van der Waals surface area contributed by atoms with Crippen molar-refractivity contribution < 1.29 is 9.47 Å². The molecule has 2 aromatic heterocycles. The number of tetrazole rings is 1. The van der Waals surface area contributed by atoms with Gasteiger partial charge >= 0.3 is 0 Å². The van der Waals surface area contributed by atoms with Crippen molar-refractivity contribution in [3.63, 3.8) is 0 Å². The lowest BCUT2D eigenvalue weighted by Crippen LogP contribution is -2.40. The van der Waals surface area contributed by atoms with Crippen molar-refractivity contribution in [3.8, 4) is 11.5 Å². The molecule has 3 aliphatic rings. The van der Waals surface area contributed by atoms with E-state index in [0.717, 1.165) is 54.2 Å². The number of nitrogens with one attached hydrogen (secondary N) is 1. The van der Waals surface area contributed by atoms with Crippen LogP contribution in [0.25, 0.3) is 10.9 Å². The van der Waals surface area contributed by atoms with Gasteiger partial charge in [-0.2, -0.15) is 11.8 Å². The maximum atomic E-state index is 13.4. The number of rotatable bonds is 4. The summed E-state index contributed by atoms with van der Waals surface area (Å²) in [4.78, 5) is 18.8. The van der Waals surface area contributed by atoms with Gasteiger partial charge in [0.1, 0.15) is 19.3 Å². The minimum Gasteiger partial charge on any atom is -0.486 e. The molecule has 10 heteroatoms. The van der Waals surface area contributed by atoms with E-state index in [1.165, 1.54) is 12.8 Å². The van der Waals surface area contributed by atoms with E-state index in [0.29, 0.717) is 36.3 Å². The molecule has 1 N–H and O–H groups in total. The van der Waals surface area contributed by atoms with E-state index in [-0.39, 0.29) is 11.6 Å². The van der Waals surface area contributed by atoms with Gasteiger partial charge in [-0.1, -0.05) is 12.8 Å². The lowest BCUT2D eigenvalue weighted by atomic mass is 10.0. The molecule has 0 unspecified atom stereocenters. The van der Waals surface area contributed by atoms with Gasteiger partial charge in [0.25, 0.3) is 5.56 Å². The molecule has 3 aromatic rings. The third-order valence-corrected chi connectivity index (χ3v) is 7.62. The number of fused-ring (bicyclic) bond motifs is 2. The summed E-state index contributed by atoms with van der Waals surface area (Å²) in [5, 5.41) is 13.8. The highest BCUT2D eigenvalue weighted by Gasteiger charge is 2.34. The van der Waals surface area contributed by atoms with Crippen molar-refractivity contribution in [1.29, 1.82) is 0 Å². The minimum atomic E-state index is -0.284. The summed E-state index contributed by atoms with van der Waals surface area (Å²) in [7, 11) is 0. The predicted octanol–water partition coefficient (Wildman–Crippen LogP) is 2.54. The Balaban J connectivity index is 1.49. The van der Waals surface area contributed by atoms with Crippen molar-refractivity contribution in [1.82, 2.24) is 30.1 Å². The number of pyridine rings is 1. The van der Waals surface area contributed by atoms with Crippen LogP contribution in [0.2, 0.25) is 0 Å². The van der Waals surface area contributed by atoms with Gasteiger partial charge in [0.15, 0.2) is 17.3 Å². The second kappa shape index (κ2) is 8.40. The molecular formula is C22H26N6O3S. The first kappa shape index (κ1) is 20.0. The molecule has 1 saturated heterocycles. The SMILES string of the molecule is O=c1[nH]c2cc3c(cc2cc1[C@H](c1nnnn1C1CCCC1)N1CCSCC1)OCCO3. The second-order valence-corrected chi connectivity index (χ2v) is 9.83. The zero-order valence-corrected chi connectivity index (χ0v) is 18.6. The van der Waals surface area contributed by atoms with Gasteiger partial charge in [-0.25, -0.2) is 4.68 Å². The summed E-state index contributed by atoms with van der Waals surface area (Å²) in [6, 6.07) is 5.80. The summed E-state index contributed by atoms with van der Waals surface area (Å²) >= 11 is 1.94. The van der Waals surface area contributed by atoms with Crippen LogP contribution in [0.4, 0.5) is 0 Å². The zero-order chi connectivity index (χ0) is 21.5. The molecule has 6 rings (SSSR count). The summed E-state index contributed by atoms with van der Waals surface area (Å²) in [6.45, 7) is 2.83. The van der Waals surface area contributed by atoms with E-state index in [1.54, 1.807) is 0 Å². The third kappa shape index (κ3) is 3.55. The van der Waals surface area contributed by atoms with Crippen LogP contribution in [0.5, 0.6) is 11.5 Å². The smallest absolute Gasteiger partial charge is 0.253 e. The summed E-state index contributed by atoms with van der Waals surface area (Å²) in [6.07, 6.45) is 4.55. The Morgan fingerprint density at radius 2 is 1.81 bits per heavy atom. The highest BCUT2D eigenvalue weighted by Crippen LogP contribution is 2.37. The average molecular weight is 455 g/mol.